The number of likely N-dealkylation sites (tertiary alicyclic amines) is 1. The van der Waals surface area contributed by atoms with Gasteiger partial charge in [0.1, 0.15) is 5.75 Å². The van der Waals surface area contributed by atoms with Crippen molar-refractivity contribution < 1.29 is 9.53 Å². The number of carbonyl (C=O) groups excluding carboxylic acids is 1. The zero-order valence-corrected chi connectivity index (χ0v) is 12.7. The molecule has 1 aromatic rings. The summed E-state index contributed by atoms with van der Waals surface area (Å²) in [7, 11) is 0. The summed E-state index contributed by atoms with van der Waals surface area (Å²) in [6.45, 7) is 4.21. The second-order valence-electron chi connectivity index (χ2n) is 5.97. The van der Waals surface area contributed by atoms with Crippen molar-refractivity contribution in [3.63, 3.8) is 0 Å². The lowest BCUT2D eigenvalue weighted by Gasteiger charge is -2.24. The molecule has 1 saturated carbocycles. The van der Waals surface area contributed by atoms with Crippen molar-refractivity contribution in [1.29, 1.82) is 0 Å². The van der Waals surface area contributed by atoms with Crippen LogP contribution in [0.15, 0.2) is 24.3 Å². The van der Waals surface area contributed by atoms with Gasteiger partial charge in [-0.2, -0.15) is 0 Å². The number of hydrogen-bond donors (Lipinski definition) is 1. The first-order chi connectivity index (χ1) is 10.3. The van der Waals surface area contributed by atoms with Gasteiger partial charge < -0.3 is 10.1 Å². The van der Waals surface area contributed by atoms with E-state index in [1.807, 2.05) is 19.1 Å². The zero-order chi connectivity index (χ0) is 14.7. The molecule has 1 unspecified atom stereocenters. The first kappa shape index (κ1) is 14.4. The maximum absolute atomic E-state index is 12.0. The molecular weight excluding hydrogens is 264 g/mol. The van der Waals surface area contributed by atoms with Crippen molar-refractivity contribution in [3.8, 4) is 5.75 Å². The third-order valence-corrected chi connectivity index (χ3v) is 4.23. The van der Waals surface area contributed by atoms with Crippen LogP contribution >= 0.6 is 0 Å². The topological polar surface area (TPSA) is 41.6 Å². The fraction of sp³-hybridized carbons (Fsp3) is 0.588. The molecule has 1 N–H and O–H groups in total. The van der Waals surface area contributed by atoms with Gasteiger partial charge in [-0.25, -0.2) is 0 Å². The van der Waals surface area contributed by atoms with E-state index in [4.69, 9.17) is 4.74 Å². The van der Waals surface area contributed by atoms with E-state index < -0.39 is 0 Å². The molecule has 0 aromatic heterocycles. The highest BCUT2D eigenvalue weighted by atomic mass is 16.5. The lowest BCUT2D eigenvalue weighted by atomic mass is 10.0. The Balaban J connectivity index is 1.60. The van der Waals surface area contributed by atoms with Gasteiger partial charge in [0.2, 0.25) is 5.91 Å². The Kier molecular flexibility index (Phi) is 4.44. The van der Waals surface area contributed by atoms with Gasteiger partial charge in [0, 0.05) is 12.1 Å². The van der Waals surface area contributed by atoms with Gasteiger partial charge in [-0.05, 0) is 56.8 Å². The predicted molar refractivity (Wildman–Crippen MR) is 82.3 cm³/mol. The van der Waals surface area contributed by atoms with E-state index in [1.165, 1.54) is 5.56 Å². The minimum Gasteiger partial charge on any atom is -0.494 e. The molecule has 1 aliphatic heterocycles. The Hall–Kier alpha value is -1.55. The minimum absolute atomic E-state index is 0.176. The van der Waals surface area contributed by atoms with Crippen LogP contribution in [0.4, 0.5) is 0 Å². The van der Waals surface area contributed by atoms with Gasteiger partial charge in [0.25, 0.3) is 0 Å². The number of nitrogens with one attached hydrogen (secondary N) is 1. The molecule has 4 heteroatoms. The summed E-state index contributed by atoms with van der Waals surface area (Å²) in [5.74, 6) is 1.09. The van der Waals surface area contributed by atoms with Crippen LogP contribution in [0.5, 0.6) is 5.75 Å². The second-order valence-corrected chi connectivity index (χ2v) is 5.97. The van der Waals surface area contributed by atoms with Crippen LogP contribution in [0.25, 0.3) is 0 Å². The van der Waals surface area contributed by atoms with Crippen LogP contribution in [-0.4, -0.2) is 36.5 Å². The molecule has 1 amide bonds. The van der Waals surface area contributed by atoms with E-state index in [0.29, 0.717) is 25.2 Å². The highest BCUT2D eigenvalue weighted by molar-refractivity contribution is 5.78. The van der Waals surface area contributed by atoms with Gasteiger partial charge in [0.05, 0.1) is 13.2 Å². The number of carbonyl (C=O) groups is 1. The maximum Gasteiger partial charge on any atom is 0.234 e. The monoisotopic (exact) mass is 288 g/mol. The van der Waals surface area contributed by atoms with Gasteiger partial charge in [-0.15, -0.1) is 0 Å². The lowest BCUT2D eigenvalue weighted by Crippen LogP contribution is -2.37. The van der Waals surface area contributed by atoms with Gasteiger partial charge in [0.15, 0.2) is 0 Å². The highest BCUT2D eigenvalue weighted by Gasteiger charge is 2.29. The van der Waals surface area contributed by atoms with Gasteiger partial charge >= 0.3 is 0 Å². The van der Waals surface area contributed by atoms with Crippen LogP contribution in [0.2, 0.25) is 0 Å². The Bertz CT molecular complexity index is 482. The molecule has 2 aliphatic rings. The van der Waals surface area contributed by atoms with Crippen molar-refractivity contribution in [2.75, 3.05) is 19.7 Å². The summed E-state index contributed by atoms with van der Waals surface area (Å²) in [5.41, 5.74) is 1.29. The fourth-order valence-electron chi connectivity index (χ4n) is 3.03. The smallest absolute Gasteiger partial charge is 0.234 e. The molecular formula is C17H24N2O2. The van der Waals surface area contributed by atoms with Crippen LogP contribution < -0.4 is 10.1 Å². The molecule has 1 saturated heterocycles. The Morgan fingerprint density at radius 3 is 2.71 bits per heavy atom. The Morgan fingerprint density at radius 2 is 2.05 bits per heavy atom. The standard InChI is InChI=1S/C17H24N2O2/c1-2-21-15-9-5-13(6-10-15)16-4-3-11-19(16)12-17(20)18-14-7-8-14/h5-6,9-10,14,16H,2-4,7-8,11-12H2,1H3,(H,18,20). The molecule has 114 valence electrons. The molecule has 21 heavy (non-hydrogen) atoms. The van der Waals surface area contributed by atoms with Gasteiger partial charge in [-0.1, -0.05) is 12.1 Å². The number of benzene rings is 1. The Labute approximate surface area is 126 Å². The quantitative estimate of drug-likeness (QED) is 0.874. The van der Waals surface area contributed by atoms with Crippen molar-refractivity contribution >= 4 is 5.91 Å². The van der Waals surface area contributed by atoms with Crippen molar-refractivity contribution in [2.45, 2.75) is 44.7 Å². The Morgan fingerprint density at radius 1 is 1.29 bits per heavy atom. The maximum atomic E-state index is 12.0. The highest BCUT2D eigenvalue weighted by Crippen LogP contribution is 2.32. The third kappa shape index (κ3) is 3.76. The van der Waals surface area contributed by atoms with E-state index in [1.54, 1.807) is 0 Å². The minimum atomic E-state index is 0.176. The van der Waals surface area contributed by atoms with Crippen molar-refractivity contribution in [3.05, 3.63) is 29.8 Å². The van der Waals surface area contributed by atoms with Crippen molar-refractivity contribution in [1.82, 2.24) is 10.2 Å². The average Bonchev–Trinajstić information content (AvgIpc) is 3.17. The van der Waals surface area contributed by atoms with E-state index in [2.05, 4.69) is 22.3 Å². The SMILES string of the molecule is CCOc1ccc(C2CCCN2CC(=O)NC2CC2)cc1. The summed E-state index contributed by atoms with van der Waals surface area (Å²) in [6, 6.07) is 9.13. The molecule has 4 nitrogen and oxygen atoms in total. The first-order valence-corrected chi connectivity index (χ1v) is 8.02. The molecule has 3 rings (SSSR count). The predicted octanol–water partition coefficient (Wildman–Crippen LogP) is 2.50. The number of hydrogen-bond acceptors (Lipinski definition) is 3. The van der Waals surface area contributed by atoms with E-state index in [0.717, 1.165) is 38.0 Å². The van der Waals surface area contributed by atoms with Gasteiger partial charge in [-0.3, -0.25) is 9.69 Å². The van der Waals surface area contributed by atoms with E-state index in [9.17, 15) is 4.79 Å². The third-order valence-electron chi connectivity index (χ3n) is 4.23. The average molecular weight is 288 g/mol. The lowest BCUT2D eigenvalue weighted by molar-refractivity contribution is -0.122. The summed E-state index contributed by atoms with van der Waals surface area (Å²) < 4.78 is 5.49. The zero-order valence-electron chi connectivity index (χ0n) is 12.7. The number of ether oxygens (including phenoxy) is 1. The summed E-state index contributed by atoms with van der Waals surface area (Å²) in [6.07, 6.45) is 4.58. The van der Waals surface area contributed by atoms with Crippen LogP contribution in [0.3, 0.4) is 0 Å². The molecule has 1 aliphatic carbocycles. The summed E-state index contributed by atoms with van der Waals surface area (Å²) in [4.78, 5) is 14.3. The molecule has 2 fully saturated rings. The first-order valence-electron chi connectivity index (χ1n) is 8.02. The normalized spacial score (nSPS) is 22.2. The largest absolute Gasteiger partial charge is 0.494 e. The van der Waals surface area contributed by atoms with Crippen LogP contribution in [-0.2, 0) is 4.79 Å². The molecule has 1 aromatic carbocycles. The summed E-state index contributed by atoms with van der Waals surface area (Å²) in [5, 5.41) is 3.08. The fourth-order valence-corrected chi connectivity index (χ4v) is 3.03. The molecule has 0 radical (unpaired) electrons. The van der Waals surface area contributed by atoms with Crippen LogP contribution in [0.1, 0.15) is 44.2 Å². The molecule has 0 spiro atoms. The van der Waals surface area contributed by atoms with E-state index >= 15 is 0 Å². The van der Waals surface area contributed by atoms with Crippen molar-refractivity contribution in [2.24, 2.45) is 0 Å². The molecule has 1 heterocycles. The summed E-state index contributed by atoms with van der Waals surface area (Å²) >= 11 is 0. The molecule has 0 bridgehead atoms. The number of nitrogens with zero attached hydrogens (tertiary/aromatic N) is 1. The number of amides is 1. The van der Waals surface area contributed by atoms with Crippen LogP contribution in [0, 0.1) is 0 Å². The second kappa shape index (κ2) is 6.48. The number of rotatable bonds is 6. The van der Waals surface area contributed by atoms with E-state index in [-0.39, 0.29) is 5.91 Å². The molecule has 1 atom stereocenters.